The zero-order valence-corrected chi connectivity index (χ0v) is 16.5. The number of sulfone groups is 1. The number of aromatic nitrogens is 5. The van der Waals surface area contributed by atoms with Gasteiger partial charge in [0.2, 0.25) is 0 Å². The van der Waals surface area contributed by atoms with Gasteiger partial charge >= 0.3 is 0 Å². The Hall–Kier alpha value is -1.96. The fraction of sp³-hybridized carbons (Fsp3) is 0.632. The molecule has 0 unspecified atom stereocenters. The summed E-state index contributed by atoms with van der Waals surface area (Å²) >= 11 is 0. The Morgan fingerprint density at radius 3 is 2.89 bits per heavy atom. The van der Waals surface area contributed by atoms with Crippen LogP contribution in [0.5, 0.6) is 0 Å². The van der Waals surface area contributed by atoms with Crippen LogP contribution in [0.25, 0.3) is 16.8 Å². The van der Waals surface area contributed by atoms with E-state index in [9.17, 15) is 8.42 Å². The summed E-state index contributed by atoms with van der Waals surface area (Å²) in [6.07, 6.45) is 8.09. The van der Waals surface area contributed by atoms with Crippen molar-refractivity contribution in [3.63, 3.8) is 0 Å². The van der Waals surface area contributed by atoms with Gasteiger partial charge in [0.25, 0.3) is 0 Å². The number of rotatable bonds is 5. The molecule has 0 spiro atoms. The third kappa shape index (κ3) is 2.60. The van der Waals surface area contributed by atoms with Crippen molar-refractivity contribution in [2.24, 2.45) is 11.8 Å². The van der Waals surface area contributed by atoms with Crippen LogP contribution in [0.4, 0.5) is 0 Å². The van der Waals surface area contributed by atoms with Gasteiger partial charge in [-0.25, -0.2) is 13.4 Å². The Morgan fingerprint density at radius 1 is 1.33 bits per heavy atom. The van der Waals surface area contributed by atoms with Crippen LogP contribution >= 0.6 is 0 Å². The Balaban J connectivity index is 1.56. The number of nitrogens with one attached hydrogen (secondary N) is 1. The Morgan fingerprint density at radius 2 is 2.15 bits per heavy atom. The summed E-state index contributed by atoms with van der Waals surface area (Å²) in [4.78, 5) is 7.55. The Labute approximate surface area is 158 Å². The van der Waals surface area contributed by atoms with Gasteiger partial charge in [-0.05, 0) is 43.6 Å². The average Bonchev–Trinajstić information content (AvgIpc) is 3.11. The number of fused-ring (bicyclic) bond motifs is 3. The molecule has 5 rings (SSSR count). The molecule has 0 saturated heterocycles. The maximum Gasteiger partial charge on any atom is 0.179 e. The minimum absolute atomic E-state index is 0.0797. The second-order valence-electron chi connectivity index (χ2n) is 8.54. The number of hydrogen-bond donors (Lipinski definition) is 1. The van der Waals surface area contributed by atoms with Crippen molar-refractivity contribution >= 4 is 26.6 Å². The van der Waals surface area contributed by atoms with Crippen LogP contribution in [-0.2, 0) is 15.3 Å². The summed E-state index contributed by atoms with van der Waals surface area (Å²) in [6.45, 7) is 4.43. The van der Waals surface area contributed by atoms with Crippen LogP contribution < -0.4 is 0 Å². The predicted molar refractivity (Wildman–Crippen MR) is 103 cm³/mol. The van der Waals surface area contributed by atoms with Crippen molar-refractivity contribution in [2.75, 3.05) is 5.75 Å². The molecule has 3 heterocycles. The highest BCUT2D eigenvalue weighted by molar-refractivity contribution is 7.92. The van der Waals surface area contributed by atoms with E-state index in [1.807, 2.05) is 12.3 Å². The lowest BCUT2D eigenvalue weighted by Crippen LogP contribution is -2.29. The third-order valence-electron chi connectivity index (χ3n) is 6.68. The summed E-state index contributed by atoms with van der Waals surface area (Å²) in [5.74, 6) is 1.84. The van der Waals surface area contributed by atoms with E-state index in [4.69, 9.17) is 0 Å². The fourth-order valence-electron chi connectivity index (χ4n) is 5.17. The van der Waals surface area contributed by atoms with Gasteiger partial charge in [0, 0.05) is 11.6 Å². The van der Waals surface area contributed by atoms with E-state index in [1.54, 1.807) is 6.20 Å². The van der Waals surface area contributed by atoms with Crippen LogP contribution in [0.1, 0.15) is 51.8 Å². The number of hydrogen-bond acceptors (Lipinski definition) is 5. The molecule has 144 valence electrons. The normalized spacial score (nSPS) is 29.1. The van der Waals surface area contributed by atoms with Gasteiger partial charge in [0.15, 0.2) is 21.1 Å². The molecule has 0 amide bonds. The van der Waals surface area contributed by atoms with Crippen LogP contribution in [-0.4, -0.2) is 44.0 Å². The largest absolute Gasteiger partial charge is 0.345 e. The average molecular weight is 388 g/mol. The molecular formula is C19H25N5O2S. The molecule has 0 aromatic carbocycles. The lowest BCUT2D eigenvalue weighted by atomic mass is 9.77. The second-order valence-corrected chi connectivity index (χ2v) is 10.9. The van der Waals surface area contributed by atoms with Crippen molar-refractivity contribution in [3.8, 4) is 0 Å². The summed E-state index contributed by atoms with van der Waals surface area (Å²) in [5.41, 5.74) is 2.33. The predicted octanol–water partition coefficient (Wildman–Crippen LogP) is 2.88. The van der Waals surface area contributed by atoms with E-state index in [0.29, 0.717) is 11.7 Å². The number of aromatic amines is 1. The Kier molecular flexibility index (Phi) is 3.67. The van der Waals surface area contributed by atoms with Gasteiger partial charge in [-0.1, -0.05) is 20.3 Å². The Bertz CT molecular complexity index is 1110. The molecule has 2 aliphatic rings. The summed E-state index contributed by atoms with van der Waals surface area (Å²) in [5, 5.41) is 8.85. The highest BCUT2D eigenvalue weighted by Gasteiger charge is 2.49. The monoisotopic (exact) mass is 387 g/mol. The summed E-state index contributed by atoms with van der Waals surface area (Å²) in [7, 11) is -2.95. The molecule has 7 nitrogen and oxygen atoms in total. The van der Waals surface area contributed by atoms with Crippen molar-refractivity contribution in [1.29, 1.82) is 0 Å². The van der Waals surface area contributed by atoms with Crippen LogP contribution in [0.2, 0.25) is 0 Å². The molecule has 0 radical (unpaired) electrons. The van der Waals surface area contributed by atoms with Crippen LogP contribution in [0.3, 0.4) is 0 Å². The zero-order valence-electron chi connectivity index (χ0n) is 15.7. The first-order valence-electron chi connectivity index (χ1n) is 9.81. The van der Waals surface area contributed by atoms with Crippen molar-refractivity contribution in [3.05, 3.63) is 24.3 Å². The summed E-state index contributed by atoms with van der Waals surface area (Å²) in [6, 6.07) is 2.00. The van der Waals surface area contributed by atoms with Crippen molar-refractivity contribution in [1.82, 2.24) is 24.6 Å². The van der Waals surface area contributed by atoms with Gasteiger partial charge in [-0.15, -0.1) is 10.2 Å². The molecule has 2 aliphatic carbocycles. The molecular weight excluding hydrogens is 362 g/mol. The van der Waals surface area contributed by atoms with Crippen LogP contribution in [0.15, 0.2) is 18.5 Å². The standard InChI is InChI=1S/C19H25N5O2S/c1-3-13-8-12(11-27(25,26)14-4-5-14)9-19(13,2)18-23-22-16-10-21-17-15(24(16)18)6-7-20-17/h6-7,10,12-14,20H,3-5,8-9,11H2,1-2H3/t12-,13+,19-/m0/s1. The van der Waals surface area contributed by atoms with E-state index in [2.05, 4.69) is 38.4 Å². The molecule has 8 heteroatoms. The fourth-order valence-corrected chi connectivity index (χ4v) is 7.21. The van der Waals surface area contributed by atoms with E-state index in [1.165, 1.54) is 0 Å². The van der Waals surface area contributed by atoms with E-state index in [0.717, 1.165) is 54.7 Å². The van der Waals surface area contributed by atoms with E-state index >= 15 is 0 Å². The molecule has 3 aromatic heterocycles. The first kappa shape index (κ1) is 17.2. The van der Waals surface area contributed by atoms with Gasteiger partial charge < -0.3 is 4.98 Å². The zero-order chi connectivity index (χ0) is 18.8. The molecule has 2 saturated carbocycles. The third-order valence-corrected chi connectivity index (χ3v) is 9.10. The quantitative estimate of drug-likeness (QED) is 0.727. The van der Waals surface area contributed by atoms with E-state index < -0.39 is 9.84 Å². The van der Waals surface area contributed by atoms with Gasteiger partial charge in [0.05, 0.1) is 22.7 Å². The highest BCUT2D eigenvalue weighted by atomic mass is 32.2. The lowest BCUT2D eigenvalue weighted by Gasteiger charge is -2.29. The minimum Gasteiger partial charge on any atom is -0.345 e. The first-order valence-corrected chi connectivity index (χ1v) is 11.5. The number of nitrogens with zero attached hydrogens (tertiary/aromatic N) is 4. The molecule has 3 aromatic rings. The van der Waals surface area contributed by atoms with Gasteiger partial charge in [-0.2, -0.15) is 0 Å². The van der Waals surface area contributed by atoms with Crippen molar-refractivity contribution < 1.29 is 8.42 Å². The molecule has 1 N–H and O–H groups in total. The maximum atomic E-state index is 12.5. The van der Waals surface area contributed by atoms with Crippen molar-refractivity contribution in [2.45, 2.75) is 56.6 Å². The second kappa shape index (κ2) is 5.77. The molecule has 3 atom stereocenters. The SMILES string of the molecule is CC[C@@H]1C[C@H](CS(=O)(=O)C2CC2)C[C@]1(C)c1nnc2cnc3[nH]ccc3n12. The molecule has 0 bridgehead atoms. The van der Waals surface area contributed by atoms with Gasteiger partial charge in [-0.3, -0.25) is 4.40 Å². The lowest BCUT2D eigenvalue weighted by molar-refractivity contribution is 0.315. The van der Waals surface area contributed by atoms with E-state index in [-0.39, 0.29) is 16.6 Å². The topological polar surface area (TPSA) is 93.0 Å². The smallest absolute Gasteiger partial charge is 0.179 e. The molecule has 0 aliphatic heterocycles. The molecule has 27 heavy (non-hydrogen) atoms. The maximum absolute atomic E-state index is 12.5. The molecule has 2 fully saturated rings. The number of H-pyrrole nitrogens is 1. The van der Waals surface area contributed by atoms with Crippen LogP contribution in [0, 0.1) is 11.8 Å². The highest BCUT2D eigenvalue weighted by Crippen LogP contribution is 2.50. The minimum atomic E-state index is -2.95. The summed E-state index contributed by atoms with van der Waals surface area (Å²) < 4.78 is 27.2. The van der Waals surface area contributed by atoms with Gasteiger partial charge in [0.1, 0.15) is 5.82 Å². The first-order chi connectivity index (χ1) is 12.9.